The molecule has 17 heavy (non-hydrogen) atoms. The van der Waals surface area contributed by atoms with E-state index < -0.39 is 10.0 Å². The van der Waals surface area contributed by atoms with E-state index >= 15 is 0 Å². The Bertz CT molecular complexity index is 467. The van der Waals surface area contributed by atoms with E-state index in [4.69, 9.17) is 10.2 Å². The first-order valence-electron chi connectivity index (χ1n) is 5.03. The third-order valence-corrected chi connectivity index (χ3v) is 4.04. The topological polar surface area (TPSA) is 77.8 Å². The van der Waals surface area contributed by atoms with Gasteiger partial charge in [0.1, 0.15) is 5.75 Å². The second kappa shape index (κ2) is 5.81. The van der Waals surface area contributed by atoms with Crippen LogP contribution in [0.2, 0.25) is 0 Å². The molecule has 0 aromatic heterocycles. The average Bonchev–Trinajstić information content (AvgIpc) is 2.29. The zero-order valence-electron chi connectivity index (χ0n) is 9.28. The van der Waals surface area contributed by atoms with Crippen LogP contribution in [-0.4, -0.2) is 42.6 Å². The number of nitrogens with zero attached hydrogens (tertiary/aromatic N) is 1. The highest BCUT2D eigenvalue weighted by atomic mass is 32.2. The third kappa shape index (κ3) is 3.29. The van der Waals surface area contributed by atoms with Crippen LogP contribution in [0, 0.1) is 0 Å². The van der Waals surface area contributed by atoms with E-state index in [1.54, 1.807) is 0 Å². The van der Waals surface area contributed by atoms with Crippen LogP contribution in [0.5, 0.6) is 5.75 Å². The molecule has 0 aliphatic carbocycles. The van der Waals surface area contributed by atoms with Crippen molar-refractivity contribution >= 4 is 10.0 Å². The molecule has 6 heteroatoms. The molecule has 1 aromatic carbocycles. The van der Waals surface area contributed by atoms with Crippen molar-refractivity contribution in [3.8, 4) is 5.75 Å². The number of aliphatic hydroxyl groups excluding tert-OH is 1. The first-order chi connectivity index (χ1) is 8.02. The molecule has 0 saturated heterocycles. The van der Waals surface area contributed by atoms with E-state index in [0.29, 0.717) is 0 Å². The van der Waals surface area contributed by atoms with Crippen molar-refractivity contribution in [2.24, 2.45) is 0 Å². The summed E-state index contributed by atoms with van der Waals surface area (Å²) in [6.45, 7) is 3.36. The molecule has 2 N–H and O–H groups in total. The molecule has 0 amide bonds. The lowest BCUT2D eigenvalue weighted by Crippen LogP contribution is -2.33. The van der Waals surface area contributed by atoms with Gasteiger partial charge in [-0.1, -0.05) is 6.08 Å². The van der Waals surface area contributed by atoms with Crippen molar-refractivity contribution in [2.45, 2.75) is 4.90 Å². The third-order valence-electron chi connectivity index (χ3n) is 2.16. The monoisotopic (exact) mass is 257 g/mol. The number of phenols is 1. The summed E-state index contributed by atoms with van der Waals surface area (Å²) < 4.78 is 25.3. The summed E-state index contributed by atoms with van der Waals surface area (Å²) in [6.07, 6.45) is 1.45. The maximum absolute atomic E-state index is 12.1. The maximum atomic E-state index is 12.1. The Morgan fingerprint density at radius 3 is 2.35 bits per heavy atom. The molecule has 0 heterocycles. The predicted octanol–water partition coefficient (Wildman–Crippen LogP) is 0.561. The first-order valence-corrected chi connectivity index (χ1v) is 6.47. The van der Waals surface area contributed by atoms with Crippen LogP contribution in [0.25, 0.3) is 0 Å². The lowest BCUT2D eigenvalue weighted by atomic mass is 10.3. The van der Waals surface area contributed by atoms with Crippen LogP contribution >= 0.6 is 0 Å². The smallest absolute Gasteiger partial charge is 0.243 e. The van der Waals surface area contributed by atoms with Crippen LogP contribution in [0.3, 0.4) is 0 Å². The number of sulfonamides is 1. The SMILES string of the molecule is C=CCN(CCO)S(=O)(=O)c1ccc(O)cc1. The zero-order chi connectivity index (χ0) is 12.9. The first kappa shape index (κ1) is 13.7. The van der Waals surface area contributed by atoms with Gasteiger partial charge in [0.05, 0.1) is 11.5 Å². The lowest BCUT2D eigenvalue weighted by Gasteiger charge is -2.19. The lowest BCUT2D eigenvalue weighted by molar-refractivity contribution is 0.260. The molecule has 0 radical (unpaired) electrons. The molecule has 0 atom stereocenters. The fraction of sp³-hybridized carbons (Fsp3) is 0.273. The minimum absolute atomic E-state index is 0.00128. The van der Waals surface area contributed by atoms with E-state index in [0.717, 1.165) is 4.31 Å². The van der Waals surface area contributed by atoms with Crippen molar-refractivity contribution in [3.63, 3.8) is 0 Å². The Labute approximate surface area is 101 Å². The van der Waals surface area contributed by atoms with Crippen molar-refractivity contribution in [1.82, 2.24) is 4.31 Å². The van der Waals surface area contributed by atoms with Gasteiger partial charge in [0.25, 0.3) is 0 Å². The Morgan fingerprint density at radius 1 is 1.29 bits per heavy atom. The molecular formula is C11H15NO4S. The number of hydrogen-bond acceptors (Lipinski definition) is 4. The van der Waals surface area contributed by atoms with Gasteiger partial charge in [-0.05, 0) is 24.3 Å². The fourth-order valence-corrected chi connectivity index (χ4v) is 2.73. The highest BCUT2D eigenvalue weighted by molar-refractivity contribution is 7.89. The van der Waals surface area contributed by atoms with Gasteiger partial charge in [0.15, 0.2) is 0 Å². The summed E-state index contributed by atoms with van der Waals surface area (Å²) in [5.74, 6) is 0.00128. The van der Waals surface area contributed by atoms with Crippen molar-refractivity contribution in [3.05, 3.63) is 36.9 Å². The summed E-state index contributed by atoms with van der Waals surface area (Å²) in [5.41, 5.74) is 0. The van der Waals surface area contributed by atoms with E-state index in [-0.39, 0.29) is 30.3 Å². The van der Waals surface area contributed by atoms with Crippen LogP contribution in [-0.2, 0) is 10.0 Å². The molecule has 0 bridgehead atoms. The summed E-state index contributed by atoms with van der Waals surface area (Å²) in [6, 6.07) is 5.24. The highest BCUT2D eigenvalue weighted by Gasteiger charge is 2.22. The van der Waals surface area contributed by atoms with Gasteiger partial charge in [-0.2, -0.15) is 4.31 Å². The van der Waals surface area contributed by atoms with E-state index in [2.05, 4.69) is 6.58 Å². The minimum Gasteiger partial charge on any atom is -0.508 e. The van der Waals surface area contributed by atoms with Gasteiger partial charge in [-0.25, -0.2) is 8.42 Å². The summed E-state index contributed by atoms with van der Waals surface area (Å²) in [4.78, 5) is 0.0746. The highest BCUT2D eigenvalue weighted by Crippen LogP contribution is 2.18. The molecular weight excluding hydrogens is 242 g/mol. The van der Waals surface area contributed by atoms with Crippen molar-refractivity contribution in [2.75, 3.05) is 19.7 Å². The number of rotatable bonds is 6. The number of phenolic OH excluding ortho intramolecular Hbond substituents is 1. The molecule has 0 fully saturated rings. The number of aromatic hydroxyl groups is 1. The van der Waals surface area contributed by atoms with Gasteiger partial charge in [0.2, 0.25) is 10.0 Å². The molecule has 0 aliphatic rings. The molecule has 94 valence electrons. The normalized spacial score (nSPS) is 11.6. The van der Waals surface area contributed by atoms with E-state index in [1.807, 2.05) is 0 Å². The molecule has 0 unspecified atom stereocenters. The molecule has 1 rings (SSSR count). The Hall–Kier alpha value is -1.37. The number of benzene rings is 1. The van der Waals surface area contributed by atoms with Crippen LogP contribution < -0.4 is 0 Å². The van der Waals surface area contributed by atoms with Crippen molar-refractivity contribution in [1.29, 1.82) is 0 Å². The largest absolute Gasteiger partial charge is 0.508 e. The van der Waals surface area contributed by atoms with Gasteiger partial charge >= 0.3 is 0 Å². The Kier molecular flexibility index (Phi) is 4.68. The molecule has 0 spiro atoms. The standard InChI is InChI=1S/C11H15NO4S/c1-2-7-12(8-9-13)17(15,16)11-5-3-10(14)4-6-11/h2-6,13-14H,1,7-9H2. The average molecular weight is 257 g/mol. The predicted molar refractivity (Wildman–Crippen MR) is 64.1 cm³/mol. The molecule has 1 aromatic rings. The zero-order valence-corrected chi connectivity index (χ0v) is 10.1. The molecule has 0 aliphatic heterocycles. The Balaban J connectivity index is 3.06. The number of hydrogen-bond donors (Lipinski definition) is 2. The second-order valence-corrected chi connectivity index (χ2v) is 5.31. The molecule has 0 saturated carbocycles. The van der Waals surface area contributed by atoms with Crippen LogP contribution in [0.4, 0.5) is 0 Å². The van der Waals surface area contributed by atoms with Crippen molar-refractivity contribution < 1.29 is 18.6 Å². The van der Waals surface area contributed by atoms with Gasteiger partial charge in [0, 0.05) is 13.1 Å². The quantitative estimate of drug-likeness (QED) is 0.730. The molecule has 5 nitrogen and oxygen atoms in total. The minimum atomic E-state index is -3.65. The summed E-state index contributed by atoms with van der Waals surface area (Å²) in [5, 5.41) is 17.9. The fourth-order valence-electron chi connectivity index (χ4n) is 1.33. The van der Waals surface area contributed by atoms with Gasteiger partial charge in [-0.3, -0.25) is 0 Å². The summed E-state index contributed by atoms with van der Waals surface area (Å²) in [7, 11) is -3.65. The van der Waals surface area contributed by atoms with Crippen LogP contribution in [0.1, 0.15) is 0 Å². The van der Waals surface area contributed by atoms with E-state index in [1.165, 1.54) is 30.3 Å². The van der Waals surface area contributed by atoms with Gasteiger partial charge in [-0.15, -0.1) is 6.58 Å². The van der Waals surface area contributed by atoms with E-state index in [9.17, 15) is 8.42 Å². The number of aliphatic hydroxyl groups is 1. The second-order valence-electron chi connectivity index (χ2n) is 3.37. The Morgan fingerprint density at radius 2 is 1.88 bits per heavy atom. The maximum Gasteiger partial charge on any atom is 0.243 e. The summed E-state index contributed by atoms with van der Waals surface area (Å²) >= 11 is 0. The van der Waals surface area contributed by atoms with Gasteiger partial charge < -0.3 is 10.2 Å². The van der Waals surface area contributed by atoms with Crippen LogP contribution in [0.15, 0.2) is 41.8 Å².